The zero-order valence-corrected chi connectivity index (χ0v) is 19.7. The standard InChI is InChI=1S/C22H29BrN2O2S/c1-6-16-10-9-11-17(7-2)20(16)24-22(27)18-14(4)25(12-13-28-8-3)15(5)19(23)21(18)26/h9-11H,6-8,12-13H2,1-5H3,(H,24,27). The van der Waals surface area contributed by atoms with Crippen LogP contribution in [0.2, 0.25) is 0 Å². The van der Waals surface area contributed by atoms with Gasteiger partial charge in [-0.25, -0.2) is 0 Å². The van der Waals surface area contributed by atoms with E-state index in [1.807, 2.05) is 43.8 Å². The topological polar surface area (TPSA) is 51.1 Å². The van der Waals surface area contributed by atoms with Crippen molar-refractivity contribution >= 4 is 39.3 Å². The molecule has 0 spiro atoms. The fourth-order valence-corrected chi connectivity index (χ4v) is 4.44. The summed E-state index contributed by atoms with van der Waals surface area (Å²) in [5, 5.41) is 3.04. The Kier molecular flexibility index (Phi) is 8.38. The van der Waals surface area contributed by atoms with E-state index < -0.39 is 0 Å². The molecule has 0 fully saturated rings. The number of nitrogens with zero attached hydrogens (tertiary/aromatic N) is 1. The lowest BCUT2D eigenvalue weighted by Gasteiger charge is -2.20. The van der Waals surface area contributed by atoms with Gasteiger partial charge in [-0.1, -0.05) is 39.0 Å². The van der Waals surface area contributed by atoms with E-state index in [1.165, 1.54) is 0 Å². The van der Waals surface area contributed by atoms with Crippen LogP contribution in [0.1, 0.15) is 53.6 Å². The van der Waals surface area contributed by atoms with Crippen LogP contribution in [0.3, 0.4) is 0 Å². The fourth-order valence-electron chi connectivity index (χ4n) is 3.43. The van der Waals surface area contributed by atoms with Crippen molar-refractivity contribution in [2.24, 2.45) is 0 Å². The summed E-state index contributed by atoms with van der Waals surface area (Å²) in [5.74, 6) is 1.64. The van der Waals surface area contributed by atoms with E-state index in [0.29, 0.717) is 10.2 Å². The fraction of sp³-hybridized carbons (Fsp3) is 0.455. The number of anilines is 1. The number of hydrogen-bond donors (Lipinski definition) is 1. The highest BCUT2D eigenvalue weighted by Gasteiger charge is 2.22. The van der Waals surface area contributed by atoms with Gasteiger partial charge in [-0.2, -0.15) is 11.8 Å². The van der Waals surface area contributed by atoms with E-state index in [0.717, 1.165) is 53.4 Å². The summed E-state index contributed by atoms with van der Waals surface area (Å²) in [6, 6.07) is 6.05. The van der Waals surface area contributed by atoms with Crippen LogP contribution in [0.4, 0.5) is 5.69 Å². The second-order valence-electron chi connectivity index (χ2n) is 6.65. The zero-order valence-electron chi connectivity index (χ0n) is 17.3. The normalized spacial score (nSPS) is 10.9. The number of pyridine rings is 1. The first-order chi connectivity index (χ1) is 13.4. The molecule has 0 unspecified atom stereocenters. The minimum atomic E-state index is -0.337. The average molecular weight is 465 g/mol. The number of aromatic nitrogens is 1. The number of para-hydroxylation sites is 1. The molecule has 0 aliphatic rings. The first-order valence-electron chi connectivity index (χ1n) is 9.76. The summed E-state index contributed by atoms with van der Waals surface area (Å²) < 4.78 is 2.53. The number of hydrogen-bond acceptors (Lipinski definition) is 3. The molecular weight excluding hydrogens is 436 g/mol. The number of carbonyl (C=O) groups is 1. The van der Waals surface area contributed by atoms with Gasteiger partial charge in [0.2, 0.25) is 5.43 Å². The Morgan fingerprint density at radius 1 is 1.11 bits per heavy atom. The lowest BCUT2D eigenvalue weighted by molar-refractivity contribution is 0.102. The van der Waals surface area contributed by atoms with Crippen molar-refractivity contribution in [1.82, 2.24) is 4.57 Å². The van der Waals surface area contributed by atoms with Crippen LogP contribution < -0.4 is 10.7 Å². The van der Waals surface area contributed by atoms with E-state index >= 15 is 0 Å². The van der Waals surface area contributed by atoms with Crippen molar-refractivity contribution in [3.63, 3.8) is 0 Å². The molecule has 1 aromatic carbocycles. The van der Waals surface area contributed by atoms with Crippen LogP contribution in [-0.4, -0.2) is 22.0 Å². The van der Waals surface area contributed by atoms with Crippen molar-refractivity contribution < 1.29 is 4.79 Å². The van der Waals surface area contributed by atoms with Crippen LogP contribution in [0, 0.1) is 13.8 Å². The predicted octanol–water partition coefficient (Wildman–Crippen LogP) is 5.36. The van der Waals surface area contributed by atoms with E-state index in [4.69, 9.17) is 0 Å². The molecule has 2 rings (SSSR count). The van der Waals surface area contributed by atoms with E-state index in [2.05, 4.69) is 46.6 Å². The van der Waals surface area contributed by atoms with Gasteiger partial charge in [0.1, 0.15) is 5.56 Å². The zero-order chi connectivity index (χ0) is 20.8. The Hall–Kier alpha value is -1.53. The Morgan fingerprint density at radius 3 is 2.25 bits per heavy atom. The molecule has 0 radical (unpaired) electrons. The second-order valence-corrected chi connectivity index (χ2v) is 8.84. The van der Waals surface area contributed by atoms with Crippen molar-refractivity contribution in [2.45, 2.75) is 54.0 Å². The molecule has 1 amide bonds. The second kappa shape index (κ2) is 10.3. The number of benzene rings is 1. The molecule has 6 heteroatoms. The van der Waals surface area contributed by atoms with Crippen molar-refractivity contribution in [2.75, 3.05) is 16.8 Å². The van der Waals surface area contributed by atoms with Gasteiger partial charge in [-0.05, 0) is 59.5 Å². The highest BCUT2D eigenvalue weighted by molar-refractivity contribution is 9.10. The van der Waals surface area contributed by atoms with E-state index in [1.54, 1.807) is 0 Å². The van der Waals surface area contributed by atoms with Crippen molar-refractivity contribution in [3.8, 4) is 0 Å². The first kappa shape index (κ1) is 22.8. The van der Waals surface area contributed by atoms with Crippen molar-refractivity contribution in [3.05, 3.63) is 61.0 Å². The smallest absolute Gasteiger partial charge is 0.261 e. The van der Waals surface area contributed by atoms with Gasteiger partial charge in [-0.3, -0.25) is 9.59 Å². The first-order valence-corrected chi connectivity index (χ1v) is 11.7. The SMILES string of the molecule is CCSCCn1c(C)c(Br)c(=O)c(C(=O)Nc2c(CC)cccc2CC)c1C. The highest BCUT2D eigenvalue weighted by Crippen LogP contribution is 2.24. The Balaban J connectivity index is 2.51. The Morgan fingerprint density at radius 2 is 1.71 bits per heavy atom. The highest BCUT2D eigenvalue weighted by atomic mass is 79.9. The van der Waals surface area contributed by atoms with Gasteiger partial charge in [-0.15, -0.1) is 0 Å². The molecule has 0 saturated heterocycles. The maximum Gasteiger partial charge on any atom is 0.261 e. The number of amides is 1. The molecule has 1 N–H and O–H groups in total. The molecule has 152 valence electrons. The molecule has 0 aliphatic carbocycles. The lowest BCUT2D eigenvalue weighted by atomic mass is 10.0. The third-order valence-corrected chi connectivity index (χ3v) is 6.86. The molecule has 0 aliphatic heterocycles. The van der Waals surface area contributed by atoms with Crippen molar-refractivity contribution in [1.29, 1.82) is 0 Å². The molecule has 2 aromatic rings. The largest absolute Gasteiger partial charge is 0.346 e. The third kappa shape index (κ3) is 4.71. The number of rotatable bonds is 8. The molecule has 28 heavy (non-hydrogen) atoms. The molecule has 0 saturated carbocycles. The van der Waals surface area contributed by atoms with Crippen LogP contribution in [0.5, 0.6) is 0 Å². The van der Waals surface area contributed by atoms with Gasteiger partial charge < -0.3 is 9.88 Å². The molecule has 0 bridgehead atoms. The number of carbonyl (C=O) groups excluding carboxylic acids is 1. The molecule has 1 aromatic heterocycles. The van der Waals surface area contributed by atoms with Gasteiger partial charge in [0.25, 0.3) is 5.91 Å². The third-order valence-electron chi connectivity index (χ3n) is 5.04. The van der Waals surface area contributed by atoms with Crippen LogP contribution in [0.25, 0.3) is 0 Å². The van der Waals surface area contributed by atoms with Crippen LogP contribution in [-0.2, 0) is 19.4 Å². The maximum atomic E-state index is 13.2. The molecule has 1 heterocycles. The summed E-state index contributed by atoms with van der Waals surface area (Å²) in [5.41, 5.74) is 4.53. The van der Waals surface area contributed by atoms with E-state index in [-0.39, 0.29) is 16.9 Å². The van der Waals surface area contributed by atoms with Crippen LogP contribution >= 0.6 is 27.7 Å². The predicted molar refractivity (Wildman–Crippen MR) is 124 cm³/mol. The van der Waals surface area contributed by atoms with E-state index in [9.17, 15) is 9.59 Å². The number of thioether (sulfide) groups is 1. The van der Waals surface area contributed by atoms with Gasteiger partial charge >= 0.3 is 0 Å². The Bertz CT molecular complexity index is 899. The average Bonchev–Trinajstić information content (AvgIpc) is 2.69. The molecule has 4 nitrogen and oxygen atoms in total. The number of aryl methyl sites for hydroxylation is 2. The minimum absolute atomic E-state index is 0.215. The summed E-state index contributed by atoms with van der Waals surface area (Å²) >= 11 is 5.26. The maximum absolute atomic E-state index is 13.2. The summed E-state index contributed by atoms with van der Waals surface area (Å²) in [7, 11) is 0. The minimum Gasteiger partial charge on any atom is -0.346 e. The number of halogens is 1. The summed E-state index contributed by atoms with van der Waals surface area (Å²) in [6.07, 6.45) is 1.64. The van der Waals surface area contributed by atoms with Gasteiger partial charge in [0.05, 0.1) is 4.47 Å². The monoisotopic (exact) mass is 464 g/mol. The number of nitrogens with one attached hydrogen (secondary N) is 1. The van der Waals surface area contributed by atoms with Gasteiger partial charge in [0.15, 0.2) is 0 Å². The quantitative estimate of drug-likeness (QED) is 0.535. The molecular formula is C22H29BrN2O2S. The summed E-state index contributed by atoms with van der Waals surface area (Å²) in [4.78, 5) is 26.1. The Labute approximate surface area is 180 Å². The lowest BCUT2D eigenvalue weighted by Crippen LogP contribution is -2.29. The summed E-state index contributed by atoms with van der Waals surface area (Å²) in [6.45, 7) is 10.8. The van der Waals surface area contributed by atoms with Gasteiger partial charge in [0, 0.05) is 29.4 Å². The van der Waals surface area contributed by atoms with Crippen LogP contribution in [0.15, 0.2) is 27.5 Å². The molecule has 0 atom stereocenters.